The minimum Gasteiger partial charge on any atom is -0.337 e. The van der Waals surface area contributed by atoms with Crippen molar-refractivity contribution in [2.45, 2.75) is 24.7 Å². The summed E-state index contributed by atoms with van der Waals surface area (Å²) in [5.74, 6) is -0.107. The van der Waals surface area contributed by atoms with Gasteiger partial charge >= 0.3 is 0 Å². The highest BCUT2D eigenvalue weighted by Gasteiger charge is 2.28. The molecule has 2 aromatic rings. The molecule has 0 saturated carbocycles. The Morgan fingerprint density at radius 1 is 1.08 bits per heavy atom. The lowest BCUT2D eigenvalue weighted by Gasteiger charge is -2.22. The molecular weight excluding hydrogens is 350 g/mol. The SMILES string of the molecule is CCc1ccc(S(=O)(=O)N2CCCN(C(=O)c3cccnc3)CC2)cc1. The molecule has 0 N–H and O–H groups in total. The molecule has 1 aromatic heterocycles. The zero-order chi connectivity index (χ0) is 18.6. The van der Waals surface area contributed by atoms with Gasteiger partial charge in [0, 0.05) is 38.6 Å². The van der Waals surface area contributed by atoms with Crippen LogP contribution in [0.1, 0.15) is 29.3 Å². The lowest BCUT2D eigenvalue weighted by atomic mass is 10.2. The van der Waals surface area contributed by atoms with E-state index in [9.17, 15) is 13.2 Å². The summed E-state index contributed by atoms with van der Waals surface area (Å²) in [5.41, 5.74) is 1.63. The minimum absolute atomic E-state index is 0.107. The van der Waals surface area contributed by atoms with Crippen LogP contribution in [0.15, 0.2) is 53.7 Å². The Morgan fingerprint density at radius 2 is 1.85 bits per heavy atom. The van der Waals surface area contributed by atoms with Crippen molar-refractivity contribution in [3.63, 3.8) is 0 Å². The number of hydrogen-bond donors (Lipinski definition) is 0. The third-order valence-corrected chi connectivity index (χ3v) is 6.53. The number of benzene rings is 1. The number of amides is 1. The summed E-state index contributed by atoms with van der Waals surface area (Å²) in [4.78, 5) is 18.6. The van der Waals surface area contributed by atoms with Gasteiger partial charge in [-0.3, -0.25) is 9.78 Å². The second-order valence-electron chi connectivity index (χ2n) is 6.29. The second-order valence-corrected chi connectivity index (χ2v) is 8.23. The molecule has 0 radical (unpaired) electrons. The normalized spacial score (nSPS) is 16.3. The van der Waals surface area contributed by atoms with E-state index < -0.39 is 10.0 Å². The van der Waals surface area contributed by atoms with Crippen molar-refractivity contribution in [2.75, 3.05) is 26.2 Å². The first kappa shape index (κ1) is 18.5. The van der Waals surface area contributed by atoms with Crippen LogP contribution in [0.2, 0.25) is 0 Å². The topological polar surface area (TPSA) is 70.6 Å². The molecule has 0 spiro atoms. The molecule has 0 bridgehead atoms. The molecule has 1 amide bonds. The van der Waals surface area contributed by atoms with E-state index in [1.807, 2.05) is 19.1 Å². The third-order valence-electron chi connectivity index (χ3n) is 4.62. The van der Waals surface area contributed by atoms with Gasteiger partial charge in [-0.1, -0.05) is 19.1 Å². The molecule has 1 aliphatic heterocycles. The van der Waals surface area contributed by atoms with Crippen molar-refractivity contribution in [2.24, 2.45) is 0 Å². The van der Waals surface area contributed by atoms with E-state index in [-0.39, 0.29) is 5.91 Å². The average molecular weight is 373 g/mol. The number of hydrogen-bond acceptors (Lipinski definition) is 4. The molecule has 1 fully saturated rings. The van der Waals surface area contributed by atoms with E-state index in [0.717, 1.165) is 12.0 Å². The zero-order valence-corrected chi connectivity index (χ0v) is 15.7. The number of carbonyl (C=O) groups is 1. The van der Waals surface area contributed by atoms with Crippen LogP contribution in [0.5, 0.6) is 0 Å². The van der Waals surface area contributed by atoms with Gasteiger partial charge in [0.2, 0.25) is 10.0 Å². The van der Waals surface area contributed by atoms with Crippen LogP contribution in [-0.2, 0) is 16.4 Å². The van der Waals surface area contributed by atoms with Gasteiger partial charge in [-0.2, -0.15) is 4.31 Å². The second kappa shape index (κ2) is 7.97. The Bertz CT molecular complexity index is 851. The largest absolute Gasteiger partial charge is 0.337 e. The Kier molecular flexibility index (Phi) is 5.68. The highest BCUT2D eigenvalue weighted by molar-refractivity contribution is 7.89. The van der Waals surface area contributed by atoms with Crippen LogP contribution < -0.4 is 0 Å². The van der Waals surface area contributed by atoms with Crippen molar-refractivity contribution in [3.8, 4) is 0 Å². The number of nitrogens with zero attached hydrogens (tertiary/aromatic N) is 3. The van der Waals surface area contributed by atoms with Crippen LogP contribution in [0.25, 0.3) is 0 Å². The van der Waals surface area contributed by atoms with E-state index in [4.69, 9.17) is 0 Å². The van der Waals surface area contributed by atoms with E-state index in [0.29, 0.717) is 43.1 Å². The summed E-state index contributed by atoms with van der Waals surface area (Å²) in [6.45, 7) is 3.65. The lowest BCUT2D eigenvalue weighted by Crippen LogP contribution is -2.37. The van der Waals surface area contributed by atoms with Crippen LogP contribution in [0.3, 0.4) is 0 Å². The molecule has 1 aromatic carbocycles. The van der Waals surface area contributed by atoms with Crippen molar-refractivity contribution in [3.05, 3.63) is 59.9 Å². The number of aromatic nitrogens is 1. The molecule has 138 valence electrons. The molecular formula is C19H23N3O3S. The maximum absolute atomic E-state index is 12.9. The lowest BCUT2D eigenvalue weighted by molar-refractivity contribution is 0.0764. The Morgan fingerprint density at radius 3 is 2.50 bits per heavy atom. The van der Waals surface area contributed by atoms with Gasteiger partial charge in [0.25, 0.3) is 5.91 Å². The highest BCUT2D eigenvalue weighted by atomic mass is 32.2. The van der Waals surface area contributed by atoms with E-state index in [2.05, 4.69) is 4.98 Å². The fourth-order valence-corrected chi connectivity index (χ4v) is 4.52. The van der Waals surface area contributed by atoms with Gasteiger partial charge in [0.1, 0.15) is 0 Å². The zero-order valence-electron chi connectivity index (χ0n) is 14.8. The van der Waals surface area contributed by atoms with E-state index >= 15 is 0 Å². The number of aryl methyl sites for hydroxylation is 1. The van der Waals surface area contributed by atoms with Crippen molar-refractivity contribution < 1.29 is 13.2 Å². The summed E-state index contributed by atoms with van der Waals surface area (Å²) in [6.07, 6.45) is 4.64. The van der Waals surface area contributed by atoms with E-state index in [1.165, 1.54) is 10.5 Å². The van der Waals surface area contributed by atoms with Crippen LogP contribution in [-0.4, -0.2) is 54.7 Å². The molecule has 26 heavy (non-hydrogen) atoms. The summed E-state index contributed by atoms with van der Waals surface area (Å²) in [7, 11) is -3.54. The number of pyridine rings is 1. The minimum atomic E-state index is -3.54. The quantitative estimate of drug-likeness (QED) is 0.824. The van der Waals surface area contributed by atoms with Gasteiger partial charge < -0.3 is 4.90 Å². The Hall–Kier alpha value is -2.25. The molecule has 2 heterocycles. The van der Waals surface area contributed by atoms with Crippen molar-refractivity contribution >= 4 is 15.9 Å². The van der Waals surface area contributed by atoms with E-state index in [1.54, 1.807) is 35.4 Å². The predicted octanol–water partition coefficient (Wildman–Crippen LogP) is 2.18. The maximum Gasteiger partial charge on any atom is 0.255 e. The van der Waals surface area contributed by atoms with Gasteiger partial charge in [0.15, 0.2) is 0 Å². The van der Waals surface area contributed by atoms with Gasteiger partial charge in [-0.05, 0) is 42.7 Å². The number of sulfonamides is 1. The summed E-state index contributed by atoms with van der Waals surface area (Å²) in [6, 6.07) is 10.5. The number of carbonyl (C=O) groups excluding carboxylic acids is 1. The first-order valence-electron chi connectivity index (χ1n) is 8.81. The number of rotatable bonds is 4. The highest BCUT2D eigenvalue weighted by Crippen LogP contribution is 2.19. The molecule has 3 rings (SSSR count). The molecule has 1 aliphatic rings. The van der Waals surface area contributed by atoms with Gasteiger partial charge in [-0.25, -0.2) is 8.42 Å². The fourth-order valence-electron chi connectivity index (χ4n) is 3.06. The molecule has 0 aliphatic carbocycles. The first-order chi connectivity index (χ1) is 12.5. The molecule has 0 atom stereocenters. The maximum atomic E-state index is 12.9. The molecule has 0 unspecified atom stereocenters. The monoisotopic (exact) mass is 373 g/mol. The van der Waals surface area contributed by atoms with Crippen LogP contribution in [0.4, 0.5) is 0 Å². The van der Waals surface area contributed by atoms with Gasteiger partial charge in [-0.15, -0.1) is 0 Å². The molecule has 6 nitrogen and oxygen atoms in total. The van der Waals surface area contributed by atoms with Crippen molar-refractivity contribution in [1.82, 2.24) is 14.2 Å². The average Bonchev–Trinajstić information content (AvgIpc) is 2.95. The standard InChI is InChI=1S/C19H23N3O3S/c1-2-16-6-8-18(9-7-16)26(24,25)22-12-4-11-21(13-14-22)19(23)17-5-3-10-20-15-17/h3,5-10,15H,2,4,11-14H2,1H3. The fraction of sp³-hybridized carbons (Fsp3) is 0.368. The summed E-state index contributed by atoms with van der Waals surface area (Å²) >= 11 is 0. The summed E-state index contributed by atoms with van der Waals surface area (Å²) in [5, 5.41) is 0. The molecule has 1 saturated heterocycles. The predicted molar refractivity (Wildman–Crippen MR) is 99.3 cm³/mol. The first-order valence-corrected chi connectivity index (χ1v) is 10.2. The Balaban J connectivity index is 1.72. The summed E-state index contributed by atoms with van der Waals surface area (Å²) < 4.78 is 27.3. The van der Waals surface area contributed by atoms with Crippen LogP contribution >= 0.6 is 0 Å². The van der Waals surface area contributed by atoms with Crippen LogP contribution in [0, 0.1) is 0 Å². The van der Waals surface area contributed by atoms with Gasteiger partial charge in [0.05, 0.1) is 10.5 Å². The molecule has 7 heteroatoms. The third kappa shape index (κ3) is 3.94. The smallest absolute Gasteiger partial charge is 0.255 e. The Labute approximate surface area is 154 Å². The van der Waals surface area contributed by atoms with Crippen molar-refractivity contribution in [1.29, 1.82) is 0 Å².